The number of hydrogen-bond donors (Lipinski definition) is 0. The van der Waals surface area contributed by atoms with E-state index in [9.17, 15) is 14.0 Å². The Balaban J connectivity index is 1.30. The maximum atomic E-state index is 14.1. The first-order valence-corrected chi connectivity index (χ1v) is 13.2. The molecule has 37 heavy (non-hydrogen) atoms. The number of benzene rings is 2. The van der Waals surface area contributed by atoms with E-state index < -0.39 is 17.0 Å². The monoisotopic (exact) mass is 536 g/mol. The van der Waals surface area contributed by atoms with Gasteiger partial charge in [-0.3, -0.25) is 9.59 Å². The summed E-state index contributed by atoms with van der Waals surface area (Å²) in [7, 11) is 0. The summed E-state index contributed by atoms with van der Waals surface area (Å²) in [6, 6.07) is 15.0. The zero-order valence-electron chi connectivity index (χ0n) is 19.7. The van der Waals surface area contributed by atoms with Gasteiger partial charge < -0.3 is 14.5 Å². The number of amides is 1. The van der Waals surface area contributed by atoms with Gasteiger partial charge in [-0.05, 0) is 53.4 Å². The lowest BCUT2D eigenvalue weighted by atomic mass is 9.67. The third-order valence-corrected chi connectivity index (χ3v) is 8.41. The number of ether oxygens (including phenoxy) is 1. The summed E-state index contributed by atoms with van der Waals surface area (Å²) in [5, 5.41) is 6.85. The maximum absolute atomic E-state index is 14.1. The molecule has 0 bridgehead atoms. The molecule has 1 atom stereocenters. The Bertz CT molecular complexity index is 1430. The second-order valence-electron chi connectivity index (χ2n) is 9.38. The maximum Gasteiger partial charge on any atom is 0.246 e. The van der Waals surface area contributed by atoms with Crippen LogP contribution in [0, 0.1) is 5.82 Å². The third-order valence-electron chi connectivity index (χ3n) is 7.32. The second-order valence-corrected chi connectivity index (χ2v) is 10.8. The van der Waals surface area contributed by atoms with Crippen LogP contribution in [0.3, 0.4) is 0 Å². The van der Waals surface area contributed by atoms with Crippen molar-refractivity contribution >= 4 is 46.4 Å². The second kappa shape index (κ2) is 9.11. The highest BCUT2D eigenvalue weighted by Gasteiger charge is 2.67. The largest absolute Gasteiger partial charge is 0.482 e. The van der Waals surface area contributed by atoms with Crippen LogP contribution in [0.15, 0.2) is 71.2 Å². The molecule has 1 aromatic heterocycles. The normalized spacial score (nSPS) is 22.2. The van der Waals surface area contributed by atoms with Crippen LogP contribution in [0.25, 0.3) is 6.08 Å². The van der Waals surface area contributed by atoms with Crippen molar-refractivity contribution in [3.63, 3.8) is 0 Å². The Hall–Kier alpha value is -3.49. The molecule has 0 aliphatic carbocycles. The van der Waals surface area contributed by atoms with Gasteiger partial charge in [-0.15, -0.1) is 11.3 Å². The van der Waals surface area contributed by atoms with Gasteiger partial charge in [0, 0.05) is 48.3 Å². The lowest BCUT2D eigenvalue weighted by Gasteiger charge is -2.51. The van der Waals surface area contributed by atoms with E-state index in [0.717, 1.165) is 10.4 Å². The van der Waals surface area contributed by atoms with Gasteiger partial charge in [0.2, 0.25) is 17.3 Å². The first-order valence-electron chi connectivity index (χ1n) is 11.9. The van der Waals surface area contributed by atoms with Crippen molar-refractivity contribution in [3.8, 4) is 5.75 Å². The van der Waals surface area contributed by atoms with Gasteiger partial charge >= 0.3 is 0 Å². The average molecular weight is 537 g/mol. The van der Waals surface area contributed by atoms with E-state index in [1.807, 2.05) is 29.6 Å². The van der Waals surface area contributed by atoms with E-state index in [-0.39, 0.29) is 23.7 Å². The Kier molecular flexibility index (Phi) is 5.88. The molecule has 6 nitrogen and oxygen atoms in total. The lowest BCUT2D eigenvalue weighted by Crippen LogP contribution is -2.68. The quantitative estimate of drug-likeness (QED) is 0.399. The first kappa shape index (κ1) is 23.9. The lowest BCUT2D eigenvalue weighted by molar-refractivity contribution is -0.161. The molecular formula is C28H22ClFN2O4S. The van der Waals surface area contributed by atoms with E-state index in [2.05, 4.69) is 5.16 Å². The molecule has 3 aliphatic rings. The highest BCUT2D eigenvalue weighted by molar-refractivity contribution is 7.10. The van der Waals surface area contributed by atoms with Crippen molar-refractivity contribution in [2.24, 2.45) is 5.16 Å². The van der Waals surface area contributed by atoms with Gasteiger partial charge in [0.25, 0.3) is 0 Å². The Labute approximate surface area is 221 Å². The molecule has 6 rings (SSSR count). The van der Waals surface area contributed by atoms with Crippen LogP contribution in [-0.2, 0) is 9.63 Å². The van der Waals surface area contributed by atoms with Crippen molar-refractivity contribution in [3.05, 3.63) is 92.9 Å². The van der Waals surface area contributed by atoms with Crippen LogP contribution < -0.4 is 4.74 Å². The molecule has 0 radical (unpaired) electrons. The van der Waals surface area contributed by atoms with Crippen LogP contribution >= 0.6 is 22.9 Å². The van der Waals surface area contributed by atoms with E-state index in [1.165, 1.54) is 18.2 Å². The van der Waals surface area contributed by atoms with E-state index in [0.29, 0.717) is 42.4 Å². The van der Waals surface area contributed by atoms with Crippen LogP contribution in [0.5, 0.6) is 5.75 Å². The number of oxime groups is 1. The van der Waals surface area contributed by atoms with Crippen molar-refractivity contribution in [1.82, 2.24) is 4.90 Å². The Morgan fingerprint density at radius 3 is 2.65 bits per heavy atom. The summed E-state index contributed by atoms with van der Waals surface area (Å²) in [4.78, 5) is 35.6. The number of thiophene rings is 1. The first-order chi connectivity index (χ1) is 17.9. The van der Waals surface area contributed by atoms with Gasteiger partial charge in [0.15, 0.2) is 5.60 Å². The van der Waals surface area contributed by atoms with Gasteiger partial charge in [0.1, 0.15) is 11.6 Å². The topological polar surface area (TPSA) is 68.2 Å². The number of fused-ring (bicyclic) bond motifs is 2. The number of nitrogens with zero attached hydrogens (tertiary/aromatic N) is 2. The fourth-order valence-corrected chi connectivity index (χ4v) is 6.07. The zero-order chi connectivity index (χ0) is 25.6. The van der Waals surface area contributed by atoms with Crippen LogP contribution in [0.4, 0.5) is 4.39 Å². The summed E-state index contributed by atoms with van der Waals surface area (Å²) < 4.78 is 20.6. The molecular weight excluding hydrogens is 515 g/mol. The van der Waals surface area contributed by atoms with Crippen molar-refractivity contribution in [2.45, 2.75) is 30.5 Å². The summed E-state index contributed by atoms with van der Waals surface area (Å²) >= 11 is 7.60. The Morgan fingerprint density at radius 1 is 1.14 bits per heavy atom. The van der Waals surface area contributed by atoms with Crippen molar-refractivity contribution in [2.75, 3.05) is 13.1 Å². The third kappa shape index (κ3) is 4.04. The summed E-state index contributed by atoms with van der Waals surface area (Å²) in [6.45, 7) is 0.748. The van der Waals surface area contributed by atoms with E-state index in [4.69, 9.17) is 21.2 Å². The average Bonchev–Trinajstić information content (AvgIpc) is 3.59. The molecule has 2 aromatic carbocycles. The number of halogens is 2. The molecule has 0 N–H and O–H groups in total. The highest BCUT2D eigenvalue weighted by Crippen LogP contribution is 2.51. The minimum Gasteiger partial charge on any atom is -0.482 e. The van der Waals surface area contributed by atoms with Gasteiger partial charge in [0.05, 0.1) is 11.3 Å². The minimum atomic E-state index is -1.47. The molecule has 9 heteroatoms. The summed E-state index contributed by atoms with van der Waals surface area (Å²) in [5.41, 5.74) is -1.03. The SMILES string of the molecule is O=C(C=Cc1cccs1)N1CCC2(CC1)Oc1ccc(F)cc1C(=O)C21CC(c2ccc(Cl)cc2)=NO1. The van der Waals surface area contributed by atoms with Crippen LogP contribution in [-0.4, -0.2) is 46.6 Å². The molecule has 188 valence electrons. The summed E-state index contributed by atoms with van der Waals surface area (Å²) in [5.74, 6) is -0.680. The standard InChI is InChI=1S/C28H22ClFN2O4S/c29-19-5-3-18(4-6-19)23-17-28(36-31-23)26(34)22-16-20(30)7-9-24(22)35-27(28)11-13-32(14-12-27)25(33)10-8-21-2-1-15-37-21/h1-10,15-16H,11-14,17H2. The predicted octanol–water partition coefficient (Wildman–Crippen LogP) is 5.75. The smallest absolute Gasteiger partial charge is 0.246 e. The number of piperidine rings is 1. The minimum absolute atomic E-state index is 0.104. The molecule has 2 spiro atoms. The molecule has 1 saturated heterocycles. The molecule has 4 heterocycles. The van der Waals surface area contributed by atoms with E-state index in [1.54, 1.807) is 40.5 Å². The molecule has 1 fully saturated rings. The number of Topliss-reactive ketones (excluding diaryl/α,β-unsaturated/α-hetero) is 1. The molecule has 1 unspecified atom stereocenters. The van der Waals surface area contributed by atoms with Gasteiger partial charge in [-0.2, -0.15) is 0 Å². The van der Waals surface area contributed by atoms with Crippen LogP contribution in [0.2, 0.25) is 5.02 Å². The molecule has 0 saturated carbocycles. The summed E-state index contributed by atoms with van der Waals surface area (Å²) in [6.07, 6.45) is 4.25. The van der Waals surface area contributed by atoms with Crippen LogP contribution in [0.1, 0.15) is 40.1 Å². The van der Waals surface area contributed by atoms with Crippen molar-refractivity contribution < 1.29 is 23.6 Å². The number of ketones is 1. The number of carbonyl (C=O) groups excluding carboxylic acids is 2. The number of hydrogen-bond acceptors (Lipinski definition) is 6. The number of rotatable bonds is 3. The van der Waals surface area contributed by atoms with E-state index >= 15 is 0 Å². The van der Waals surface area contributed by atoms with Crippen molar-refractivity contribution in [1.29, 1.82) is 0 Å². The molecule has 1 amide bonds. The van der Waals surface area contributed by atoms with Gasteiger partial charge in [-0.1, -0.05) is 35.0 Å². The Morgan fingerprint density at radius 2 is 1.92 bits per heavy atom. The zero-order valence-corrected chi connectivity index (χ0v) is 21.2. The number of carbonyl (C=O) groups is 2. The highest BCUT2D eigenvalue weighted by atomic mass is 35.5. The number of likely N-dealkylation sites (tertiary alicyclic amines) is 1. The fourth-order valence-electron chi connectivity index (χ4n) is 5.32. The van der Waals surface area contributed by atoms with Gasteiger partial charge in [-0.25, -0.2) is 4.39 Å². The molecule has 3 aromatic rings. The predicted molar refractivity (Wildman–Crippen MR) is 140 cm³/mol. The fraction of sp³-hybridized carbons (Fsp3) is 0.250. The molecule has 3 aliphatic heterocycles.